The Morgan fingerprint density at radius 2 is 1.35 bits per heavy atom. The first-order valence-corrected chi connectivity index (χ1v) is 26.1. The van der Waals surface area contributed by atoms with Crippen LogP contribution in [-0.4, -0.2) is 12.1 Å². The summed E-state index contributed by atoms with van der Waals surface area (Å²) in [6.07, 6.45) is 27.0. The summed E-state index contributed by atoms with van der Waals surface area (Å²) in [5.74, 6) is 3.73. The highest BCUT2D eigenvalue weighted by Gasteiger charge is 2.56. The molecule has 0 N–H and O–H groups in total. The second-order valence-corrected chi connectivity index (χ2v) is 17.6. The molecule has 324 valence electrons. The van der Waals surface area contributed by atoms with Crippen molar-refractivity contribution in [3.05, 3.63) is 82.1 Å². The van der Waals surface area contributed by atoms with Gasteiger partial charge in [0, 0.05) is 37.2 Å². The van der Waals surface area contributed by atoms with Crippen molar-refractivity contribution in [3.8, 4) is 9.75 Å². The largest absolute Gasteiger partial charge is 0.361 e. The van der Waals surface area contributed by atoms with Crippen molar-refractivity contribution in [3.63, 3.8) is 0 Å². The molecule has 1 nitrogen and oxygen atoms in total. The van der Waals surface area contributed by atoms with Crippen LogP contribution in [0.25, 0.3) is 15.3 Å². The minimum absolute atomic E-state index is 0.466. The molecule has 3 heterocycles. The molecule has 2 aliphatic carbocycles. The molecule has 3 aliphatic rings. The van der Waals surface area contributed by atoms with Crippen LogP contribution in [0.2, 0.25) is 0 Å². The van der Waals surface area contributed by atoms with E-state index in [-0.39, 0.29) is 0 Å². The Morgan fingerprint density at radius 3 is 1.95 bits per heavy atom. The summed E-state index contributed by atoms with van der Waals surface area (Å²) in [6, 6.07) is 19.7. The summed E-state index contributed by atoms with van der Waals surface area (Å²) in [5.41, 5.74) is 4.49. The quantitative estimate of drug-likeness (QED) is 0.123. The van der Waals surface area contributed by atoms with Crippen molar-refractivity contribution in [2.45, 2.75) is 206 Å². The Balaban J connectivity index is 0.00000151. The number of aryl methyl sites for hydroxylation is 2. The number of para-hydroxylation sites is 1. The Bertz CT molecular complexity index is 1460. The zero-order valence-corrected chi connectivity index (χ0v) is 41.7. The Hall–Kier alpha value is -2.10. The maximum Gasteiger partial charge on any atom is 0.0546 e. The summed E-state index contributed by atoms with van der Waals surface area (Å²) in [4.78, 5) is 8.74. The van der Waals surface area contributed by atoms with Gasteiger partial charge in [0.1, 0.15) is 0 Å². The van der Waals surface area contributed by atoms with Crippen LogP contribution in [0.4, 0.5) is 5.69 Å². The van der Waals surface area contributed by atoms with Crippen molar-refractivity contribution in [1.29, 1.82) is 0 Å². The van der Waals surface area contributed by atoms with Crippen LogP contribution < -0.4 is 4.90 Å². The second-order valence-electron chi connectivity index (χ2n) is 15.2. The Labute approximate surface area is 364 Å². The van der Waals surface area contributed by atoms with Gasteiger partial charge in [-0.3, -0.25) is 0 Å². The molecular formula is C54H91NS2. The predicted octanol–water partition coefficient (Wildman–Crippen LogP) is 18.9. The summed E-state index contributed by atoms with van der Waals surface area (Å²) in [7, 11) is 0. The van der Waals surface area contributed by atoms with Crippen LogP contribution in [0.1, 0.15) is 196 Å². The summed E-state index contributed by atoms with van der Waals surface area (Å²) in [6.45, 7) is 31.9. The average molecular weight is 818 g/mol. The number of nitrogens with zero attached hydrogens (tertiary/aromatic N) is 1. The van der Waals surface area contributed by atoms with Crippen LogP contribution in [0.15, 0.2) is 66.8 Å². The molecular weight excluding hydrogens is 727 g/mol. The van der Waals surface area contributed by atoms with E-state index >= 15 is 0 Å². The van der Waals surface area contributed by atoms with Gasteiger partial charge in [-0.05, 0) is 91.3 Å². The van der Waals surface area contributed by atoms with E-state index in [2.05, 4.69) is 118 Å². The minimum Gasteiger partial charge on any atom is -0.361 e. The average Bonchev–Trinajstić information content (AvgIpc) is 4.06. The van der Waals surface area contributed by atoms with Crippen LogP contribution in [-0.2, 0) is 6.42 Å². The fraction of sp³-hybridized carbons (Fsp3) is 0.667. The van der Waals surface area contributed by atoms with E-state index in [0.717, 1.165) is 23.7 Å². The molecule has 3 aromatic rings. The summed E-state index contributed by atoms with van der Waals surface area (Å²) < 4.78 is 0. The molecule has 0 spiro atoms. The van der Waals surface area contributed by atoms with Crippen molar-refractivity contribution in [2.24, 2.45) is 29.6 Å². The molecule has 0 amide bonds. The highest BCUT2D eigenvalue weighted by molar-refractivity contribution is 7.22. The number of allylic oxidation sites excluding steroid dienone is 2. The van der Waals surface area contributed by atoms with Gasteiger partial charge in [-0.1, -0.05) is 204 Å². The third-order valence-corrected chi connectivity index (χ3v) is 14.3. The van der Waals surface area contributed by atoms with Crippen LogP contribution in [0.3, 0.4) is 0 Å². The van der Waals surface area contributed by atoms with Gasteiger partial charge in [-0.2, -0.15) is 0 Å². The van der Waals surface area contributed by atoms with Gasteiger partial charge >= 0.3 is 0 Å². The fourth-order valence-electron chi connectivity index (χ4n) is 9.58. The maximum atomic E-state index is 2.83. The number of benzene rings is 1. The van der Waals surface area contributed by atoms with E-state index in [9.17, 15) is 0 Å². The lowest BCUT2D eigenvalue weighted by Crippen LogP contribution is -2.40. The van der Waals surface area contributed by atoms with E-state index in [1.807, 2.05) is 80.6 Å². The fourth-order valence-corrected chi connectivity index (χ4v) is 11.8. The molecule has 57 heavy (non-hydrogen) atoms. The number of hydrogen-bond donors (Lipinski definition) is 0. The number of fused-ring (bicyclic) bond motifs is 3. The predicted molar refractivity (Wildman–Crippen MR) is 267 cm³/mol. The lowest BCUT2D eigenvalue weighted by molar-refractivity contribution is 0.350. The zero-order chi connectivity index (χ0) is 42.8. The molecule has 7 unspecified atom stereocenters. The van der Waals surface area contributed by atoms with Gasteiger partial charge in [-0.15, -0.1) is 22.7 Å². The van der Waals surface area contributed by atoms with E-state index in [1.54, 1.807) is 5.56 Å². The molecule has 1 aliphatic heterocycles. The van der Waals surface area contributed by atoms with E-state index < -0.39 is 0 Å². The summed E-state index contributed by atoms with van der Waals surface area (Å²) in [5, 5.41) is 0. The van der Waals surface area contributed by atoms with Gasteiger partial charge in [0.2, 0.25) is 0 Å². The summed E-state index contributed by atoms with van der Waals surface area (Å²) >= 11 is 4.05. The lowest BCUT2D eigenvalue weighted by atomic mass is 9.79. The van der Waals surface area contributed by atoms with Crippen LogP contribution in [0.5, 0.6) is 0 Å². The van der Waals surface area contributed by atoms with E-state index in [4.69, 9.17) is 0 Å². The number of thiophene rings is 2. The van der Waals surface area contributed by atoms with Gasteiger partial charge in [-0.25, -0.2) is 0 Å². The van der Waals surface area contributed by atoms with Gasteiger partial charge < -0.3 is 4.90 Å². The molecule has 0 radical (unpaired) electrons. The van der Waals surface area contributed by atoms with Crippen molar-refractivity contribution >= 4 is 33.9 Å². The Morgan fingerprint density at radius 1 is 0.702 bits per heavy atom. The van der Waals surface area contributed by atoms with Crippen molar-refractivity contribution in [2.75, 3.05) is 4.90 Å². The monoisotopic (exact) mass is 818 g/mol. The molecule has 3 heteroatoms. The SMILES string of the molecule is CC.CC.CC.CC.CC.CCCCCCCCCC(CCC)CCc1cc(C2=CC3C4C(C)CC(CC)C4N(c4ccccc4)C3C=C2)sc1-c1ccc(C)s1. The van der Waals surface area contributed by atoms with Crippen LogP contribution in [0, 0.1) is 36.5 Å². The standard InChI is InChI=1S/C44H61NS2.5C2H6/c1-6-9-10-11-12-13-15-19-33(18-7-2)23-24-36-30-41(47-44(36)40-27-22-32(5)46-40)35-25-26-39-38(29-35)42-31(4)28-34(8-3)43(42)45(39)37-20-16-14-17-21-37;5*1-2/h14,16-17,20-22,25-27,29-31,33-34,38-39,42-43H,6-13,15,18-19,23-24,28H2,1-5H3;5*1-2H3. The van der Waals surface area contributed by atoms with Crippen molar-refractivity contribution < 1.29 is 0 Å². The highest BCUT2D eigenvalue weighted by Crippen LogP contribution is 2.55. The van der Waals surface area contributed by atoms with Crippen molar-refractivity contribution in [1.82, 2.24) is 0 Å². The van der Waals surface area contributed by atoms with Gasteiger partial charge in [0.05, 0.1) is 6.04 Å². The lowest BCUT2D eigenvalue weighted by Gasteiger charge is -2.35. The molecule has 6 rings (SSSR count). The third kappa shape index (κ3) is 14.8. The molecule has 0 bridgehead atoms. The number of anilines is 1. The smallest absolute Gasteiger partial charge is 0.0546 e. The van der Waals surface area contributed by atoms with E-state index in [1.165, 1.54) is 121 Å². The maximum absolute atomic E-state index is 2.83. The zero-order valence-electron chi connectivity index (χ0n) is 40.1. The topological polar surface area (TPSA) is 3.24 Å². The van der Waals surface area contributed by atoms with E-state index in [0.29, 0.717) is 18.0 Å². The van der Waals surface area contributed by atoms with Gasteiger partial charge in [0.25, 0.3) is 0 Å². The number of unbranched alkanes of at least 4 members (excludes halogenated alkanes) is 6. The number of rotatable bonds is 17. The molecule has 7 atom stereocenters. The highest BCUT2D eigenvalue weighted by atomic mass is 32.1. The number of hydrogen-bond acceptors (Lipinski definition) is 3. The van der Waals surface area contributed by atoms with Gasteiger partial charge in [0.15, 0.2) is 0 Å². The molecule has 2 fully saturated rings. The third-order valence-electron chi connectivity index (χ3n) is 11.9. The first kappa shape index (κ1) is 52.9. The normalized spacial score (nSPS) is 21.7. The van der Waals surface area contributed by atoms with Crippen LogP contribution >= 0.6 is 22.7 Å². The Kier molecular flexibility index (Phi) is 28.7. The first-order chi connectivity index (χ1) is 28.0. The molecule has 2 aromatic heterocycles. The molecule has 1 saturated heterocycles. The first-order valence-electron chi connectivity index (χ1n) is 24.5. The minimum atomic E-state index is 0.466. The molecule has 1 aromatic carbocycles. The molecule has 1 saturated carbocycles. The second kappa shape index (κ2) is 30.9.